The van der Waals surface area contributed by atoms with Crippen molar-refractivity contribution >= 4 is 49.6 Å². The van der Waals surface area contributed by atoms with Gasteiger partial charge in [0.1, 0.15) is 9.71 Å². The minimum atomic E-state index is -0.225. The summed E-state index contributed by atoms with van der Waals surface area (Å²) < 4.78 is 0. The lowest BCUT2D eigenvalue weighted by Crippen LogP contribution is -2.11. The molecule has 1 amide bonds. The first-order chi connectivity index (χ1) is 14.7. The van der Waals surface area contributed by atoms with Gasteiger partial charge in [0.2, 0.25) is 0 Å². The van der Waals surface area contributed by atoms with Crippen LogP contribution in [0.25, 0.3) is 21.5 Å². The van der Waals surface area contributed by atoms with E-state index in [1.807, 2.05) is 35.7 Å². The number of hydrogen-bond acceptors (Lipinski definition) is 6. The predicted octanol–water partition coefficient (Wildman–Crippen LogP) is 5.91. The molecule has 0 fully saturated rings. The highest BCUT2D eigenvalue weighted by Gasteiger charge is 2.21. The van der Waals surface area contributed by atoms with Crippen molar-refractivity contribution in [3.63, 3.8) is 0 Å². The molecular weight excluding hydrogens is 412 g/mol. The third-order valence-corrected chi connectivity index (χ3v) is 7.37. The number of anilines is 2. The van der Waals surface area contributed by atoms with Gasteiger partial charge in [-0.15, -0.1) is 22.7 Å². The van der Waals surface area contributed by atoms with Gasteiger partial charge in [-0.2, -0.15) is 0 Å². The Morgan fingerprint density at radius 2 is 1.83 bits per heavy atom. The molecule has 4 aromatic rings. The van der Waals surface area contributed by atoms with Gasteiger partial charge in [0.15, 0.2) is 5.13 Å². The zero-order valence-corrected chi connectivity index (χ0v) is 18.1. The lowest BCUT2D eigenvalue weighted by atomic mass is 9.96. The van der Waals surface area contributed by atoms with E-state index in [-0.39, 0.29) is 5.91 Å². The van der Waals surface area contributed by atoms with Gasteiger partial charge in [-0.1, -0.05) is 43.2 Å². The molecule has 1 aromatic carbocycles. The summed E-state index contributed by atoms with van der Waals surface area (Å²) in [4.78, 5) is 23.7. The summed E-state index contributed by atoms with van der Waals surface area (Å²) in [5.41, 5.74) is 11.2. The van der Waals surface area contributed by atoms with E-state index in [0.29, 0.717) is 15.7 Å². The van der Waals surface area contributed by atoms with Crippen LogP contribution in [0.1, 0.15) is 46.6 Å². The van der Waals surface area contributed by atoms with Crippen LogP contribution in [0.2, 0.25) is 0 Å². The topological polar surface area (TPSA) is 80.9 Å². The second-order valence-corrected chi connectivity index (χ2v) is 9.42. The number of thiophene rings is 1. The molecule has 0 radical (unpaired) electrons. The van der Waals surface area contributed by atoms with Gasteiger partial charge < -0.3 is 5.73 Å². The van der Waals surface area contributed by atoms with Crippen LogP contribution < -0.4 is 11.1 Å². The zero-order chi connectivity index (χ0) is 20.5. The second-order valence-electron chi connectivity index (χ2n) is 7.56. The molecule has 0 atom stereocenters. The molecule has 0 saturated carbocycles. The van der Waals surface area contributed by atoms with E-state index in [9.17, 15) is 4.79 Å². The van der Waals surface area contributed by atoms with Crippen molar-refractivity contribution in [1.82, 2.24) is 9.97 Å². The summed E-state index contributed by atoms with van der Waals surface area (Å²) in [6.45, 7) is 0. The van der Waals surface area contributed by atoms with E-state index in [1.165, 1.54) is 59.6 Å². The number of benzene rings is 1. The molecule has 3 aromatic heterocycles. The molecule has 1 aliphatic carbocycles. The molecular formula is C23H22N4OS2. The molecule has 3 N–H and O–H groups in total. The minimum Gasteiger partial charge on any atom is -0.397 e. The highest BCUT2D eigenvalue weighted by atomic mass is 32.1. The molecule has 0 saturated heterocycles. The number of amides is 1. The number of thiazole rings is 1. The van der Waals surface area contributed by atoms with Gasteiger partial charge in [-0.25, -0.2) is 9.97 Å². The van der Waals surface area contributed by atoms with Crippen LogP contribution in [-0.2, 0) is 12.8 Å². The lowest BCUT2D eigenvalue weighted by molar-refractivity contribution is 0.103. The van der Waals surface area contributed by atoms with Gasteiger partial charge in [-0.05, 0) is 37.3 Å². The number of carbonyl (C=O) groups excluding carboxylic acids is 1. The Labute approximate surface area is 183 Å². The highest BCUT2D eigenvalue weighted by Crippen LogP contribution is 2.36. The fraction of sp³-hybridized carbons (Fsp3) is 0.261. The van der Waals surface area contributed by atoms with Gasteiger partial charge in [0, 0.05) is 22.0 Å². The Morgan fingerprint density at radius 1 is 1.03 bits per heavy atom. The summed E-state index contributed by atoms with van der Waals surface area (Å²) in [5, 5.41) is 6.32. The summed E-state index contributed by atoms with van der Waals surface area (Å²) in [7, 11) is 0. The van der Waals surface area contributed by atoms with Crippen molar-refractivity contribution < 1.29 is 4.79 Å². The van der Waals surface area contributed by atoms with E-state index in [4.69, 9.17) is 10.7 Å². The normalized spacial score (nSPS) is 14.1. The SMILES string of the molecule is Nc1c(C(=O)Nc2nc(-c3ccccc3)cs2)sc2nc3c(cc12)CCCCCC3. The van der Waals surface area contributed by atoms with Gasteiger partial charge >= 0.3 is 0 Å². The number of carbonyl (C=O) groups is 1. The number of aromatic nitrogens is 2. The van der Waals surface area contributed by atoms with Crippen LogP contribution in [0.3, 0.4) is 0 Å². The van der Waals surface area contributed by atoms with Crippen molar-refractivity contribution in [3.05, 3.63) is 57.9 Å². The largest absolute Gasteiger partial charge is 0.397 e. The number of fused-ring (bicyclic) bond motifs is 2. The highest BCUT2D eigenvalue weighted by molar-refractivity contribution is 7.21. The van der Waals surface area contributed by atoms with E-state index in [1.54, 1.807) is 0 Å². The van der Waals surface area contributed by atoms with Gasteiger partial charge in [-0.3, -0.25) is 10.1 Å². The van der Waals surface area contributed by atoms with Crippen LogP contribution >= 0.6 is 22.7 Å². The lowest BCUT2D eigenvalue weighted by Gasteiger charge is -2.12. The maximum atomic E-state index is 12.9. The molecule has 30 heavy (non-hydrogen) atoms. The summed E-state index contributed by atoms with van der Waals surface area (Å²) in [6, 6.07) is 12.1. The predicted molar refractivity (Wildman–Crippen MR) is 125 cm³/mol. The minimum absolute atomic E-state index is 0.225. The van der Waals surface area contributed by atoms with E-state index in [2.05, 4.69) is 16.4 Å². The quantitative estimate of drug-likeness (QED) is 0.420. The van der Waals surface area contributed by atoms with E-state index in [0.717, 1.165) is 34.3 Å². The Hall–Kier alpha value is -2.77. The first kappa shape index (κ1) is 19.2. The molecule has 5 nitrogen and oxygen atoms in total. The molecule has 7 heteroatoms. The molecule has 0 spiro atoms. The average Bonchev–Trinajstić information content (AvgIpc) is 3.33. The van der Waals surface area contributed by atoms with Crippen molar-refractivity contribution in [1.29, 1.82) is 0 Å². The van der Waals surface area contributed by atoms with E-state index < -0.39 is 0 Å². The molecule has 0 bridgehead atoms. The van der Waals surface area contributed by atoms with Crippen LogP contribution in [0.4, 0.5) is 10.8 Å². The Kier molecular flexibility index (Phi) is 5.23. The monoisotopic (exact) mass is 434 g/mol. The number of nitrogens with one attached hydrogen (secondary N) is 1. The van der Waals surface area contributed by atoms with Crippen LogP contribution in [0, 0.1) is 0 Å². The fourth-order valence-corrected chi connectivity index (χ4v) is 5.61. The Bertz CT molecular complexity index is 1210. The van der Waals surface area contributed by atoms with Crippen LogP contribution in [-0.4, -0.2) is 15.9 Å². The molecule has 1 aliphatic rings. The fourth-order valence-electron chi connectivity index (χ4n) is 3.91. The number of pyridine rings is 1. The summed E-state index contributed by atoms with van der Waals surface area (Å²) in [5.74, 6) is -0.225. The van der Waals surface area contributed by atoms with Crippen LogP contribution in [0.15, 0.2) is 41.8 Å². The van der Waals surface area contributed by atoms with Crippen molar-refractivity contribution in [2.45, 2.75) is 38.5 Å². The van der Waals surface area contributed by atoms with Crippen molar-refractivity contribution in [3.8, 4) is 11.3 Å². The third kappa shape index (κ3) is 3.70. The van der Waals surface area contributed by atoms with E-state index >= 15 is 0 Å². The molecule has 5 rings (SSSR count). The summed E-state index contributed by atoms with van der Waals surface area (Å²) >= 11 is 2.78. The number of nitrogens with zero attached hydrogens (tertiary/aromatic N) is 2. The molecule has 0 unspecified atom stereocenters. The first-order valence-corrected chi connectivity index (χ1v) is 11.9. The Morgan fingerprint density at radius 3 is 2.67 bits per heavy atom. The average molecular weight is 435 g/mol. The number of nitrogens with two attached hydrogens (primary N) is 1. The second kappa shape index (κ2) is 8.16. The van der Waals surface area contributed by atoms with Crippen LogP contribution in [0.5, 0.6) is 0 Å². The number of hydrogen-bond donors (Lipinski definition) is 2. The van der Waals surface area contributed by atoms with Crippen molar-refractivity contribution in [2.75, 3.05) is 11.1 Å². The smallest absolute Gasteiger partial charge is 0.269 e. The first-order valence-electron chi connectivity index (χ1n) is 10.2. The number of aryl methyl sites for hydroxylation is 2. The summed E-state index contributed by atoms with van der Waals surface area (Å²) in [6.07, 6.45) is 6.93. The zero-order valence-electron chi connectivity index (χ0n) is 16.5. The molecule has 152 valence electrons. The maximum absolute atomic E-state index is 12.9. The maximum Gasteiger partial charge on any atom is 0.269 e. The van der Waals surface area contributed by atoms with Crippen molar-refractivity contribution in [2.24, 2.45) is 0 Å². The molecule has 0 aliphatic heterocycles. The number of nitrogen functional groups attached to an aromatic ring is 1. The number of rotatable bonds is 3. The van der Waals surface area contributed by atoms with Gasteiger partial charge in [0.25, 0.3) is 5.91 Å². The standard InChI is InChI=1S/C23H22N4OS2/c24-19-16-12-15-10-4-1-2-7-11-17(15)25-22(16)30-20(19)21(28)27-23-26-18(13-29-23)14-8-5-3-6-9-14/h3,5-6,8-9,12-13H,1-2,4,7,10-11,24H2,(H,26,27,28). The third-order valence-electron chi connectivity index (χ3n) is 5.50. The molecule has 3 heterocycles. The Balaban J connectivity index is 1.42. The van der Waals surface area contributed by atoms with Gasteiger partial charge in [0.05, 0.1) is 11.4 Å².